The van der Waals surface area contributed by atoms with E-state index in [2.05, 4.69) is 15.3 Å². The average molecular weight is 256 g/mol. The summed E-state index contributed by atoms with van der Waals surface area (Å²) in [7, 11) is 1.25. The zero-order valence-corrected chi connectivity index (χ0v) is 9.69. The van der Waals surface area contributed by atoms with Crippen LogP contribution in [0.5, 0.6) is 0 Å². The van der Waals surface area contributed by atoms with Crippen molar-refractivity contribution in [3.8, 4) is 0 Å². The number of hydrogen-bond acceptors (Lipinski definition) is 5. The van der Waals surface area contributed by atoms with Gasteiger partial charge < -0.3 is 14.7 Å². The first-order valence-electron chi connectivity index (χ1n) is 4.76. The molecule has 0 aromatic heterocycles. The smallest absolute Gasteiger partial charge is 0.301 e. The van der Waals surface area contributed by atoms with E-state index in [4.69, 9.17) is 16.4 Å². The zero-order valence-electron chi connectivity index (χ0n) is 8.94. The van der Waals surface area contributed by atoms with E-state index in [9.17, 15) is 5.11 Å². The molecule has 1 heterocycles. The Hall–Kier alpha value is -1.76. The first-order valence-corrected chi connectivity index (χ1v) is 5.14. The molecule has 1 aromatic rings. The molecule has 0 spiro atoms. The van der Waals surface area contributed by atoms with Crippen LogP contribution in [-0.4, -0.2) is 13.2 Å². The highest BCUT2D eigenvalue weighted by molar-refractivity contribution is 6.30. The van der Waals surface area contributed by atoms with Crippen LogP contribution < -0.4 is 15.7 Å². The van der Waals surface area contributed by atoms with E-state index in [0.29, 0.717) is 10.0 Å². The van der Waals surface area contributed by atoms with Crippen LogP contribution in [0.25, 0.3) is 0 Å². The third-order valence-corrected chi connectivity index (χ3v) is 2.32. The number of quaternary nitrogens is 1. The SMILES string of the molecule is CO/C([O-])=N/C1=C[NH+](c2ccc(Cl)cc2)NO1. The standard InChI is InChI=1S/C10H10ClN3O3/c1-16-10(15)12-9-6-14(13-17-9)8-4-2-7(11)3-5-8/h2-6,13H,1H3,(H,12,15). The Labute approximate surface area is 103 Å². The van der Waals surface area contributed by atoms with Crippen LogP contribution >= 0.6 is 11.6 Å². The van der Waals surface area contributed by atoms with Crippen molar-refractivity contribution < 1.29 is 19.7 Å². The van der Waals surface area contributed by atoms with Crippen LogP contribution in [0.2, 0.25) is 5.02 Å². The van der Waals surface area contributed by atoms with Gasteiger partial charge in [0.15, 0.2) is 18.0 Å². The lowest BCUT2D eigenvalue weighted by Gasteiger charge is -2.06. The topological polar surface area (TPSA) is 70.3 Å². The molecule has 90 valence electrons. The molecule has 1 aliphatic heterocycles. The molecule has 1 unspecified atom stereocenters. The second kappa shape index (κ2) is 5.05. The van der Waals surface area contributed by atoms with Gasteiger partial charge in [-0.3, -0.25) is 0 Å². The number of benzene rings is 1. The molecule has 0 radical (unpaired) electrons. The summed E-state index contributed by atoms with van der Waals surface area (Å²) in [6, 6.07) is 7.17. The summed E-state index contributed by atoms with van der Waals surface area (Å²) >= 11 is 5.78. The van der Waals surface area contributed by atoms with Crippen LogP contribution in [0.3, 0.4) is 0 Å². The molecular formula is C10H10ClN3O3. The minimum absolute atomic E-state index is 0.154. The quantitative estimate of drug-likeness (QED) is 0.551. The van der Waals surface area contributed by atoms with E-state index in [1.54, 1.807) is 18.3 Å². The fraction of sp³-hybridized carbons (Fsp3) is 0.100. The molecule has 7 heteroatoms. The minimum Gasteiger partial charge on any atom is -0.603 e. The summed E-state index contributed by atoms with van der Waals surface area (Å²) in [6.45, 7) is 0. The van der Waals surface area contributed by atoms with Gasteiger partial charge in [-0.1, -0.05) is 11.6 Å². The number of methoxy groups -OCH3 is 1. The van der Waals surface area contributed by atoms with Crippen molar-refractivity contribution in [1.29, 1.82) is 0 Å². The molecule has 2 N–H and O–H groups in total. The Morgan fingerprint density at radius 3 is 2.82 bits per heavy atom. The molecule has 1 atom stereocenters. The van der Waals surface area contributed by atoms with Gasteiger partial charge in [0.05, 0.1) is 0 Å². The summed E-state index contributed by atoms with van der Waals surface area (Å²) in [5, 5.41) is 12.2. The Balaban J connectivity index is 2.13. The minimum atomic E-state index is -0.713. The highest BCUT2D eigenvalue weighted by Gasteiger charge is 2.20. The number of hydrogen-bond donors (Lipinski definition) is 2. The Morgan fingerprint density at radius 1 is 1.47 bits per heavy atom. The Bertz CT molecular complexity index is 458. The first kappa shape index (κ1) is 11.7. The molecule has 6 nitrogen and oxygen atoms in total. The van der Waals surface area contributed by atoms with Gasteiger partial charge in [-0.15, -0.1) is 0 Å². The number of halogens is 1. The van der Waals surface area contributed by atoms with Crippen molar-refractivity contribution in [2.75, 3.05) is 7.11 Å². The summed E-state index contributed by atoms with van der Waals surface area (Å²) < 4.78 is 4.39. The highest BCUT2D eigenvalue weighted by atomic mass is 35.5. The predicted octanol–water partition coefficient (Wildman–Crippen LogP) is -0.532. The number of nitrogens with zero attached hydrogens (tertiary/aromatic N) is 1. The van der Waals surface area contributed by atoms with Gasteiger partial charge in [0, 0.05) is 22.7 Å². The van der Waals surface area contributed by atoms with Crippen LogP contribution in [0.15, 0.2) is 41.3 Å². The molecule has 0 saturated heterocycles. The molecule has 0 fully saturated rings. The molecule has 1 aliphatic rings. The van der Waals surface area contributed by atoms with Crippen molar-refractivity contribution in [2.24, 2.45) is 4.99 Å². The summed E-state index contributed by atoms with van der Waals surface area (Å²) in [5.41, 5.74) is 3.53. The monoisotopic (exact) mass is 255 g/mol. The van der Waals surface area contributed by atoms with E-state index in [0.717, 1.165) is 5.69 Å². The molecule has 0 aliphatic carbocycles. The Morgan fingerprint density at radius 2 is 2.18 bits per heavy atom. The maximum atomic E-state index is 10.9. The molecule has 0 amide bonds. The summed E-state index contributed by atoms with van der Waals surface area (Å²) in [4.78, 5) is 8.55. The lowest BCUT2D eigenvalue weighted by Crippen LogP contribution is -3.08. The largest absolute Gasteiger partial charge is 0.603 e. The molecule has 17 heavy (non-hydrogen) atoms. The number of ether oxygens (including phenoxy) is 1. The van der Waals surface area contributed by atoms with Crippen molar-refractivity contribution >= 4 is 23.4 Å². The van der Waals surface area contributed by atoms with Crippen molar-refractivity contribution in [3.63, 3.8) is 0 Å². The number of aliphatic imine (C=N–C) groups is 1. The van der Waals surface area contributed by atoms with Gasteiger partial charge in [0.25, 0.3) is 0 Å². The zero-order chi connectivity index (χ0) is 12.3. The average Bonchev–Trinajstić information content (AvgIpc) is 2.78. The van der Waals surface area contributed by atoms with E-state index >= 15 is 0 Å². The lowest BCUT2D eigenvalue weighted by atomic mass is 10.3. The van der Waals surface area contributed by atoms with Gasteiger partial charge in [0.2, 0.25) is 0 Å². The fourth-order valence-electron chi connectivity index (χ4n) is 1.25. The van der Waals surface area contributed by atoms with Gasteiger partial charge in [-0.2, -0.15) is 10.0 Å². The van der Waals surface area contributed by atoms with Crippen LogP contribution in [0, 0.1) is 0 Å². The van der Waals surface area contributed by atoms with E-state index in [-0.39, 0.29) is 5.88 Å². The van der Waals surface area contributed by atoms with Gasteiger partial charge in [-0.25, -0.2) is 0 Å². The lowest BCUT2D eigenvalue weighted by molar-refractivity contribution is -0.847. The maximum absolute atomic E-state index is 10.9. The second-order valence-corrected chi connectivity index (χ2v) is 3.63. The second-order valence-electron chi connectivity index (χ2n) is 3.19. The van der Waals surface area contributed by atoms with Gasteiger partial charge >= 0.3 is 5.88 Å². The third-order valence-electron chi connectivity index (χ3n) is 2.06. The van der Waals surface area contributed by atoms with Crippen molar-refractivity contribution in [1.82, 2.24) is 5.59 Å². The van der Waals surface area contributed by atoms with E-state index < -0.39 is 6.08 Å². The van der Waals surface area contributed by atoms with Crippen LogP contribution in [0.1, 0.15) is 0 Å². The molecule has 0 bridgehead atoms. The molecule has 1 aromatic carbocycles. The van der Waals surface area contributed by atoms with Gasteiger partial charge in [-0.05, 0) is 19.2 Å². The molecular weight excluding hydrogens is 246 g/mol. The van der Waals surface area contributed by atoms with Crippen LogP contribution in [-0.2, 0) is 9.57 Å². The third kappa shape index (κ3) is 2.88. The van der Waals surface area contributed by atoms with Gasteiger partial charge in [0.1, 0.15) is 0 Å². The van der Waals surface area contributed by atoms with E-state index in [1.807, 2.05) is 12.1 Å². The molecule has 0 saturated carbocycles. The first-order chi connectivity index (χ1) is 8.19. The van der Waals surface area contributed by atoms with Crippen molar-refractivity contribution in [2.45, 2.75) is 0 Å². The predicted molar refractivity (Wildman–Crippen MR) is 58.8 cm³/mol. The van der Waals surface area contributed by atoms with Crippen LogP contribution in [0.4, 0.5) is 5.69 Å². The van der Waals surface area contributed by atoms with Crippen molar-refractivity contribution in [3.05, 3.63) is 41.4 Å². The Kier molecular flexibility index (Phi) is 3.48. The normalized spacial score (nSPS) is 19.8. The number of nitrogens with one attached hydrogen (secondary N) is 2. The summed E-state index contributed by atoms with van der Waals surface area (Å²) in [6.07, 6.45) is 0.885. The highest BCUT2D eigenvalue weighted by Crippen LogP contribution is 2.11. The number of rotatable bonds is 2. The fourth-order valence-corrected chi connectivity index (χ4v) is 1.38. The maximum Gasteiger partial charge on any atom is 0.301 e. The van der Waals surface area contributed by atoms with E-state index in [1.165, 1.54) is 7.11 Å². The summed E-state index contributed by atoms with van der Waals surface area (Å²) in [5.74, 6) is 0.154. The molecule has 2 rings (SSSR count).